The smallest absolute Gasteiger partial charge is 0.0762 e. The highest BCUT2D eigenvalue weighted by atomic mass is 15.3. The number of aryl methyl sites for hydroxylation is 2. The molecule has 0 radical (unpaired) electrons. The molecule has 0 aliphatic rings. The quantitative estimate of drug-likeness (QED) is 0.863. The van der Waals surface area contributed by atoms with E-state index in [4.69, 9.17) is 0 Å². The van der Waals surface area contributed by atoms with Crippen LogP contribution in [0.15, 0.2) is 18.3 Å². The van der Waals surface area contributed by atoms with Crippen molar-refractivity contribution >= 4 is 0 Å². The van der Waals surface area contributed by atoms with Crippen LogP contribution in [0.3, 0.4) is 0 Å². The number of aromatic nitrogens is 4. The fourth-order valence-corrected chi connectivity index (χ4v) is 2.12. The SMILES string of the molecule is Cc1cc(CNCc2ccn(CC(C)C)n2)n(C)n1. The molecule has 2 heterocycles. The Balaban J connectivity index is 1.82. The molecule has 2 aromatic heterocycles. The van der Waals surface area contributed by atoms with Crippen LogP contribution in [0.2, 0.25) is 0 Å². The van der Waals surface area contributed by atoms with Crippen molar-refractivity contribution < 1.29 is 0 Å². The van der Waals surface area contributed by atoms with Crippen molar-refractivity contribution in [2.75, 3.05) is 0 Å². The molecule has 19 heavy (non-hydrogen) atoms. The maximum atomic E-state index is 4.54. The molecule has 2 aromatic rings. The molecule has 0 bridgehead atoms. The summed E-state index contributed by atoms with van der Waals surface area (Å²) in [5.41, 5.74) is 3.33. The number of hydrogen-bond acceptors (Lipinski definition) is 3. The molecule has 5 heteroatoms. The molecule has 0 spiro atoms. The first-order valence-electron chi connectivity index (χ1n) is 6.77. The highest BCUT2D eigenvalue weighted by Gasteiger charge is 2.03. The maximum Gasteiger partial charge on any atom is 0.0762 e. The van der Waals surface area contributed by atoms with Gasteiger partial charge in [-0.2, -0.15) is 10.2 Å². The van der Waals surface area contributed by atoms with Gasteiger partial charge in [0.25, 0.3) is 0 Å². The van der Waals surface area contributed by atoms with E-state index in [0.717, 1.165) is 31.0 Å². The van der Waals surface area contributed by atoms with Crippen molar-refractivity contribution in [2.24, 2.45) is 13.0 Å². The molecule has 0 aromatic carbocycles. The molecular formula is C14H23N5. The highest BCUT2D eigenvalue weighted by Crippen LogP contribution is 2.03. The van der Waals surface area contributed by atoms with Crippen molar-refractivity contribution in [3.05, 3.63) is 35.4 Å². The maximum absolute atomic E-state index is 4.54. The molecule has 0 fully saturated rings. The van der Waals surface area contributed by atoms with Crippen LogP contribution < -0.4 is 5.32 Å². The lowest BCUT2D eigenvalue weighted by Crippen LogP contribution is -2.16. The monoisotopic (exact) mass is 261 g/mol. The second-order valence-electron chi connectivity index (χ2n) is 5.43. The van der Waals surface area contributed by atoms with Gasteiger partial charge in [0.1, 0.15) is 0 Å². The number of hydrogen-bond donors (Lipinski definition) is 1. The molecular weight excluding hydrogens is 238 g/mol. The number of rotatable bonds is 6. The lowest BCUT2D eigenvalue weighted by molar-refractivity contribution is 0.477. The first-order valence-corrected chi connectivity index (χ1v) is 6.77. The van der Waals surface area contributed by atoms with Gasteiger partial charge in [-0.15, -0.1) is 0 Å². The fourth-order valence-electron chi connectivity index (χ4n) is 2.12. The zero-order chi connectivity index (χ0) is 13.8. The molecule has 2 rings (SSSR count). The summed E-state index contributed by atoms with van der Waals surface area (Å²) >= 11 is 0. The topological polar surface area (TPSA) is 47.7 Å². The van der Waals surface area contributed by atoms with E-state index >= 15 is 0 Å². The summed E-state index contributed by atoms with van der Waals surface area (Å²) < 4.78 is 3.93. The Labute approximate surface area is 114 Å². The first kappa shape index (κ1) is 13.8. The summed E-state index contributed by atoms with van der Waals surface area (Å²) in [6.07, 6.45) is 2.05. The average molecular weight is 261 g/mol. The van der Waals surface area contributed by atoms with Gasteiger partial charge in [-0.05, 0) is 25.0 Å². The van der Waals surface area contributed by atoms with Crippen LogP contribution >= 0.6 is 0 Å². The Bertz CT molecular complexity index is 524. The summed E-state index contributed by atoms with van der Waals surface area (Å²) in [5, 5.41) is 12.3. The van der Waals surface area contributed by atoms with Gasteiger partial charge in [0, 0.05) is 32.9 Å². The van der Waals surface area contributed by atoms with Gasteiger partial charge in [0.05, 0.1) is 17.1 Å². The standard InChI is InChI=1S/C14H23N5/c1-11(2)10-19-6-5-13(17-19)8-15-9-14-7-12(3)16-18(14)4/h5-7,11,15H,8-10H2,1-4H3. The Morgan fingerprint density at radius 2 is 2.05 bits per heavy atom. The van der Waals surface area contributed by atoms with E-state index in [1.807, 2.05) is 29.5 Å². The molecule has 0 unspecified atom stereocenters. The van der Waals surface area contributed by atoms with Crippen LogP contribution in [0.1, 0.15) is 30.9 Å². The molecule has 104 valence electrons. The Morgan fingerprint density at radius 1 is 1.26 bits per heavy atom. The normalized spacial score (nSPS) is 11.4. The van der Waals surface area contributed by atoms with Gasteiger partial charge in [0.2, 0.25) is 0 Å². The molecule has 1 N–H and O–H groups in total. The van der Waals surface area contributed by atoms with Crippen molar-refractivity contribution in [1.82, 2.24) is 24.9 Å². The van der Waals surface area contributed by atoms with Crippen LogP contribution in [0.5, 0.6) is 0 Å². The molecule has 0 amide bonds. The summed E-state index contributed by atoms with van der Waals surface area (Å²) in [7, 11) is 1.97. The predicted molar refractivity (Wildman–Crippen MR) is 75.6 cm³/mol. The molecule has 5 nitrogen and oxygen atoms in total. The minimum Gasteiger partial charge on any atom is -0.305 e. The fraction of sp³-hybridized carbons (Fsp3) is 0.571. The number of nitrogens with one attached hydrogen (secondary N) is 1. The van der Waals surface area contributed by atoms with E-state index in [1.54, 1.807) is 0 Å². The van der Waals surface area contributed by atoms with E-state index in [1.165, 1.54) is 5.69 Å². The van der Waals surface area contributed by atoms with Crippen LogP contribution in [0.4, 0.5) is 0 Å². The summed E-state index contributed by atoms with van der Waals surface area (Å²) in [5.74, 6) is 0.623. The minimum atomic E-state index is 0.623. The van der Waals surface area contributed by atoms with E-state index in [-0.39, 0.29) is 0 Å². The number of nitrogens with zero attached hydrogens (tertiary/aromatic N) is 4. The molecule has 0 saturated heterocycles. The lowest BCUT2D eigenvalue weighted by Gasteiger charge is -2.05. The molecule has 0 atom stereocenters. The van der Waals surface area contributed by atoms with E-state index in [2.05, 4.69) is 41.5 Å². The second-order valence-corrected chi connectivity index (χ2v) is 5.43. The molecule has 0 saturated carbocycles. The zero-order valence-electron chi connectivity index (χ0n) is 12.2. The third-order valence-corrected chi connectivity index (χ3v) is 2.96. The Morgan fingerprint density at radius 3 is 2.68 bits per heavy atom. The van der Waals surface area contributed by atoms with Crippen LogP contribution in [0.25, 0.3) is 0 Å². The highest BCUT2D eigenvalue weighted by molar-refractivity contribution is 5.08. The van der Waals surface area contributed by atoms with E-state index in [9.17, 15) is 0 Å². The third-order valence-electron chi connectivity index (χ3n) is 2.96. The molecule has 0 aliphatic carbocycles. The summed E-state index contributed by atoms with van der Waals surface area (Å²) in [6.45, 7) is 8.98. The van der Waals surface area contributed by atoms with Crippen molar-refractivity contribution in [2.45, 2.75) is 40.4 Å². The largest absolute Gasteiger partial charge is 0.305 e. The zero-order valence-corrected chi connectivity index (χ0v) is 12.2. The Hall–Kier alpha value is -1.62. The van der Waals surface area contributed by atoms with Gasteiger partial charge < -0.3 is 5.32 Å². The minimum absolute atomic E-state index is 0.623. The third kappa shape index (κ3) is 3.92. The first-order chi connectivity index (χ1) is 9.04. The van der Waals surface area contributed by atoms with Crippen molar-refractivity contribution in [3.8, 4) is 0 Å². The van der Waals surface area contributed by atoms with Crippen LogP contribution in [0, 0.1) is 12.8 Å². The summed E-state index contributed by atoms with van der Waals surface area (Å²) in [6, 6.07) is 4.17. The lowest BCUT2D eigenvalue weighted by atomic mass is 10.2. The van der Waals surface area contributed by atoms with Gasteiger partial charge >= 0.3 is 0 Å². The van der Waals surface area contributed by atoms with Crippen LogP contribution in [-0.4, -0.2) is 19.6 Å². The van der Waals surface area contributed by atoms with Gasteiger partial charge in [0.15, 0.2) is 0 Å². The summed E-state index contributed by atoms with van der Waals surface area (Å²) in [4.78, 5) is 0. The van der Waals surface area contributed by atoms with E-state index in [0.29, 0.717) is 5.92 Å². The Kier molecular flexibility index (Phi) is 4.37. The predicted octanol–water partition coefficient (Wildman–Crippen LogP) is 1.87. The van der Waals surface area contributed by atoms with E-state index < -0.39 is 0 Å². The van der Waals surface area contributed by atoms with Crippen molar-refractivity contribution in [1.29, 1.82) is 0 Å². The average Bonchev–Trinajstić information content (AvgIpc) is 2.86. The van der Waals surface area contributed by atoms with Gasteiger partial charge in [-0.25, -0.2) is 0 Å². The van der Waals surface area contributed by atoms with Gasteiger partial charge in [-0.1, -0.05) is 13.8 Å². The van der Waals surface area contributed by atoms with Crippen molar-refractivity contribution in [3.63, 3.8) is 0 Å². The molecule has 0 aliphatic heterocycles. The second kappa shape index (κ2) is 6.02. The van der Waals surface area contributed by atoms with Crippen LogP contribution in [-0.2, 0) is 26.7 Å². The van der Waals surface area contributed by atoms with Gasteiger partial charge in [-0.3, -0.25) is 9.36 Å².